The van der Waals surface area contributed by atoms with Crippen LogP contribution >= 0.6 is 0 Å². The van der Waals surface area contributed by atoms with Gasteiger partial charge in [0.25, 0.3) is 5.91 Å². The molecule has 0 aliphatic rings. The number of nitrogens with two attached hydrogens (primary N) is 1. The maximum absolute atomic E-state index is 12.1. The average Bonchev–Trinajstić information content (AvgIpc) is 2.57. The fraction of sp³-hybridized carbons (Fsp3) is 0.263. The first-order chi connectivity index (χ1) is 11.5. The number of anilines is 2. The number of hydrogen-bond donors (Lipinski definition) is 3. The molecule has 0 aliphatic carbocycles. The molecular formula is C19H23N3O2. The molecule has 2 aromatic rings. The number of carbonyl (C=O) groups excluding carboxylic acids is 2. The van der Waals surface area contributed by atoms with Crippen LogP contribution in [0, 0.1) is 5.92 Å². The van der Waals surface area contributed by atoms with Crippen LogP contribution in [0.25, 0.3) is 0 Å². The zero-order valence-electron chi connectivity index (χ0n) is 14.0. The minimum Gasteiger partial charge on any atom is -0.399 e. The molecule has 0 spiro atoms. The van der Waals surface area contributed by atoms with Crippen molar-refractivity contribution >= 4 is 23.2 Å². The summed E-state index contributed by atoms with van der Waals surface area (Å²) in [7, 11) is 0. The van der Waals surface area contributed by atoms with Crippen LogP contribution in [0.3, 0.4) is 0 Å². The highest BCUT2D eigenvalue weighted by Crippen LogP contribution is 2.11. The number of hydrogen-bond acceptors (Lipinski definition) is 3. The molecule has 0 bridgehead atoms. The monoisotopic (exact) mass is 325 g/mol. The fourth-order valence-corrected chi connectivity index (χ4v) is 2.10. The first kappa shape index (κ1) is 17.5. The van der Waals surface area contributed by atoms with Crippen LogP contribution in [-0.4, -0.2) is 18.4 Å². The molecule has 0 radical (unpaired) electrons. The predicted octanol–water partition coefficient (Wildman–Crippen LogP) is 2.84. The topological polar surface area (TPSA) is 84.2 Å². The van der Waals surface area contributed by atoms with E-state index in [0.717, 1.165) is 17.7 Å². The summed E-state index contributed by atoms with van der Waals surface area (Å²) in [4.78, 5) is 23.7. The molecule has 0 aliphatic heterocycles. The van der Waals surface area contributed by atoms with Gasteiger partial charge in [0, 0.05) is 29.4 Å². The van der Waals surface area contributed by atoms with Gasteiger partial charge in [0.2, 0.25) is 5.91 Å². The molecule has 5 heteroatoms. The number of rotatable bonds is 6. The molecule has 5 nitrogen and oxygen atoms in total. The maximum Gasteiger partial charge on any atom is 0.251 e. The SMILES string of the molecule is CC(C)C(=O)Nc1ccc(C(=O)NCCc2ccc(N)cc2)cc1. The van der Waals surface area contributed by atoms with Crippen LogP contribution < -0.4 is 16.4 Å². The third-order valence-electron chi connectivity index (χ3n) is 3.62. The Bertz CT molecular complexity index is 692. The number of benzene rings is 2. The van der Waals surface area contributed by atoms with Gasteiger partial charge < -0.3 is 16.4 Å². The summed E-state index contributed by atoms with van der Waals surface area (Å²) in [5.41, 5.74) is 8.74. The minimum absolute atomic E-state index is 0.0456. The predicted molar refractivity (Wildman–Crippen MR) is 96.8 cm³/mol. The van der Waals surface area contributed by atoms with E-state index in [1.165, 1.54) is 0 Å². The van der Waals surface area contributed by atoms with Crippen LogP contribution in [0.4, 0.5) is 11.4 Å². The Labute approximate surface area is 142 Å². The van der Waals surface area contributed by atoms with Crippen molar-refractivity contribution in [1.82, 2.24) is 5.32 Å². The van der Waals surface area contributed by atoms with Gasteiger partial charge in [-0.1, -0.05) is 26.0 Å². The summed E-state index contributed by atoms with van der Waals surface area (Å²) >= 11 is 0. The molecule has 0 fully saturated rings. The lowest BCUT2D eigenvalue weighted by molar-refractivity contribution is -0.118. The number of amides is 2. The molecule has 126 valence electrons. The Morgan fingerprint density at radius 3 is 2.21 bits per heavy atom. The normalized spacial score (nSPS) is 10.5. The lowest BCUT2D eigenvalue weighted by Gasteiger charge is -2.09. The average molecular weight is 325 g/mol. The van der Waals surface area contributed by atoms with Gasteiger partial charge in [-0.15, -0.1) is 0 Å². The second kappa shape index (κ2) is 8.15. The van der Waals surface area contributed by atoms with Crippen molar-refractivity contribution in [2.75, 3.05) is 17.6 Å². The lowest BCUT2D eigenvalue weighted by Crippen LogP contribution is -2.25. The van der Waals surface area contributed by atoms with E-state index in [4.69, 9.17) is 5.73 Å². The second-order valence-electron chi connectivity index (χ2n) is 5.97. The molecule has 0 aromatic heterocycles. The summed E-state index contributed by atoms with van der Waals surface area (Å²) in [5, 5.41) is 5.68. The smallest absolute Gasteiger partial charge is 0.251 e. The van der Waals surface area contributed by atoms with E-state index in [0.29, 0.717) is 17.8 Å². The van der Waals surface area contributed by atoms with Gasteiger partial charge in [0.1, 0.15) is 0 Å². The third-order valence-corrected chi connectivity index (χ3v) is 3.62. The van der Waals surface area contributed by atoms with E-state index in [1.807, 2.05) is 38.1 Å². The summed E-state index contributed by atoms with van der Waals surface area (Å²) in [6, 6.07) is 14.5. The molecular weight excluding hydrogens is 302 g/mol. The van der Waals surface area contributed by atoms with E-state index in [2.05, 4.69) is 10.6 Å². The minimum atomic E-state index is -0.132. The first-order valence-electron chi connectivity index (χ1n) is 7.99. The number of carbonyl (C=O) groups is 2. The van der Waals surface area contributed by atoms with E-state index < -0.39 is 0 Å². The van der Waals surface area contributed by atoms with Gasteiger partial charge in [0.05, 0.1) is 0 Å². The van der Waals surface area contributed by atoms with Gasteiger partial charge in [-0.05, 0) is 48.4 Å². The molecule has 2 amide bonds. The summed E-state index contributed by atoms with van der Waals surface area (Å²) in [5.74, 6) is -0.260. The molecule has 0 unspecified atom stereocenters. The van der Waals surface area contributed by atoms with Gasteiger partial charge >= 0.3 is 0 Å². The Kier molecular flexibility index (Phi) is 5.95. The van der Waals surface area contributed by atoms with Crippen molar-refractivity contribution < 1.29 is 9.59 Å². The molecule has 2 rings (SSSR count). The van der Waals surface area contributed by atoms with Crippen LogP contribution in [0.1, 0.15) is 29.8 Å². The van der Waals surface area contributed by atoms with Crippen LogP contribution in [0.2, 0.25) is 0 Å². The summed E-state index contributed by atoms with van der Waals surface area (Å²) in [6.07, 6.45) is 0.745. The molecule has 0 atom stereocenters. The van der Waals surface area contributed by atoms with Crippen LogP contribution in [0.5, 0.6) is 0 Å². The molecule has 0 heterocycles. The van der Waals surface area contributed by atoms with Crippen molar-refractivity contribution in [3.8, 4) is 0 Å². The molecule has 0 saturated heterocycles. The standard InChI is InChI=1S/C19H23N3O2/c1-13(2)18(23)22-17-9-5-15(6-10-17)19(24)21-12-11-14-3-7-16(20)8-4-14/h3-10,13H,11-12,20H2,1-2H3,(H,21,24)(H,22,23). The highest BCUT2D eigenvalue weighted by Gasteiger charge is 2.08. The zero-order valence-corrected chi connectivity index (χ0v) is 14.0. The summed E-state index contributed by atoms with van der Waals surface area (Å²) in [6.45, 7) is 4.21. The van der Waals surface area contributed by atoms with Gasteiger partial charge in [-0.25, -0.2) is 0 Å². The zero-order chi connectivity index (χ0) is 17.5. The lowest BCUT2D eigenvalue weighted by atomic mass is 10.1. The van der Waals surface area contributed by atoms with E-state index >= 15 is 0 Å². The highest BCUT2D eigenvalue weighted by molar-refractivity contribution is 5.96. The first-order valence-corrected chi connectivity index (χ1v) is 7.99. The van der Waals surface area contributed by atoms with Gasteiger partial charge in [-0.2, -0.15) is 0 Å². The fourth-order valence-electron chi connectivity index (χ4n) is 2.10. The van der Waals surface area contributed by atoms with Crippen molar-refractivity contribution in [3.63, 3.8) is 0 Å². The highest BCUT2D eigenvalue weighted by atomic mass is 16.2. The van der Waals surface area contributed by atoms with Crippen LogP contribution in [0.15, 0.2) is 48.5 Å². The van der Waals surface area contributed by atoms with Crippen molar-refractivity contribution in [1.29, 1.82) is 0 Å². The Balaban J connectivity index is 1.84. The molecule has 2 aromatic carbocycles. The van der Waals surface area contributed by atoms with Crippen molar-refractivity contribution in [2.24, 2.45) is 5.92 Å². The maximum atomic E-state index is 12.1. The van der Waals surface area contributed by atoms with Crippen LogP contribution in [-0.2, 0) is 11.2 Å². The Hall–Kier alpha value is -2.82. The van der Waals surface area contributed by atoms with E-state index in [9.17, 15) is 9.59 Å². The van der Waals surface area contributed by atoms with Gasteiger partial charge in [-0.3, -0.25) is 9.59 Å². The number of nitrogens with one attached hydrogen (secondary N) is 2. The van der Waals surface area contributed by atoms with Crippen molar-refractivity contribution in [3.05, 3.63) is 59.7 Å². The second-order valence-corrected chi connectivity index (χ2v) is 5.97. The molecule has 24 heavy (non-hydrogen) atoms. The molecule has 4 N–H and O–H groups in total. The van der Waals surface area contributed by atoms with Gasteiger partial charge in [0.15, 0.2) is 0 Å². The Morgan fingerprint density at radius 1 is 1.00 bits per heavy atom. The summed E-state index contributed by atoms with van der Waals surface area (Å²) < 4.78 is 0. The molecule has 0 saturated carbocycles. The Morgan fingerprint density at radius 2 is 1.62 bits per heavy atom. The largest absolute Gasteiger partial charge is 0.399 e. The van der Waals surface area contributed by atoms with Crippen molar-refractivity contribution in [2.45, 2.75) is 20.3 Å². The number of nitrogen functional groups attached to an aromatic ring is 1. The van der Waals surface area contributed by atoms with E-state index in [-0.39, 0.29) is 17.7 Å². The van der Waals surface area contributed by atoms with E-state index in [1.54, 1.807) is 24.3 Å². The third kappa shape index (κ3) is 5.12. The quantitative estimate of drug-likeness (QED) is 0.714.